The highest BCUT2D eigenvalue weighted by Crippen LogP contribution is 2.49. The second-order valence-electron chi connectivity index (χ2n) is 7.13. The predicted octanol–water partition coefficient (Wildman–Crippen LogP) is 5.29. The summed E-state index contributed by atoms with van der Waals surface area (Å²) in [5.74, 6) is 0.0676. The maximum Gasteiger partial charge on any atom is 0.342 e. The molecule has 0 amide bonds. The van der Waals surface area contributed by atoms with Crippen LogP contribution in [0.15, 0.2) is 60.0 Å². The van der Waals surface area contributed by atoms with Gasteiger partial charge in [0, 0.05) is 9.90 Å². The van der Waals surface area contributed by atoms with Crippen molar-refractivity contribution in [1.82, 2.24) is 0 Å². The lowest BCUT2D eigenvalue weighted by Crippen LogP contribution is -2.21. The molecule has 1 aliphatic heterocycles. The third-order valence-corrected chi connectivity index (χ3v) is 6.54. The largest absolute Gasteiger partial charge is 0.489 e. The molecule has 0 saturated carbocycles. The van der Waals surface area contributed by atoms with Crippen molar-refractivity contribution in [3.63, 3.8) is 0 Å². The average Bonchev–Trinajstić information content (AvgIpc) is 3.12. The number of nitriles is 1. The van der Waals surface area contributed by atoms with Crippen LogP contribution in [0.2, 0.25) is 5.02 Å². The summed E-state index contributed by atoms with van der Waals surface area (Å²) in [6.45, 7) is 2.21. The monoisotopic (exact) mass is 466 g/mol. The second kappa shape index (κ2) is 8.95. The molecule has 0 radical (unpaired) electrons. The number of aryl methyl sites for hydroxylation is 1. The molecule has 2 heterocycles. The lowest BCUT2D eigenvalue weighted by Gasteiger charge is -2.24. The molecule has 0 aliphatic carbocycles. The van der Waals surface area contributed by atoms with Crippen LogP contribution in [0.5, 0.6) is 11.5 Å². The fourth-order valence-corrected chi connectivity index (χ4v) is 4.90. The summed E-state index contributed by atoms with van der Waals surface area (Å²) in [7, 11) is 1.31. The number of halogens is 1. The Kier molecular flexibility index (Phi) is 6.08. The van der Waals surface area contributed by atoms with E-state index < -0.39 is 11.9 Å². The highest BCUT2D eigenvalue weighted by atomic mass is 35.5. The van der Waals surface area contributed by atoms with Crippen LogP contribution in [0.3, 0.4) is 0 Å². The highest BCUT2D eigenvalue weighted by molar-refractivity contribution is 7.12. The van der Waals surface area contributed by atoms with Crippen molar-refractivity contribution in [3.8, 4) is 17.6 Å². The first kappa shape index (κ1) is 21.8. The lowest BCUT2D eigenvalue weighted by molar-refractivity contribution is 0.0597. The smallest absolute Gasteiger partial charge is 0.342 e. The van der Waals surface area contributed by atoms with Gasteiger partial charge in [-0.05, 0) is 42.3 Å². The van der Waals surface area contributed by atoms with Crippen LogP contribution in [-0.2, 0) is 11.3 Å². The van der Waals surface area contributed by atoms with Crippen molar-refractivity contribution < 1.29 is 19.0 Å². The van der Waals surface area contributed by atoms with Crippen molar-refractivity contribution in [2.45, 2.75) is 19.4 Å². The molecule has 4 rings (SSSR count). The Morgan fingerprint density at radius 2 is 1.91 bits per heavy atom. The molecule has 0 fully saturated rings. The van der Waals surface area contributed by atoms with Crippen molar-refractivity contribution in [3.05, 3.63) is 91.5 Å². The van der Waals surface area contributed by atoms with Crippen LogP contribution >= 0.6 is 22.9 Å². The number of rotatable bonds is 5. The van der Waals surface area contributed by atoms with Crippen molar-refractivity contribution in [2.75, 3.05) is 7.11 Å². The summed E-state index contributed by atoms with van der Waals surface area (Å²) in [5.41, 5.74) is 8.53. The summed E-state index contributed by atoms with van der Waals surface area (Å²) in [5, 5.41) is 10.4. The van der Waals surface area contributed by atoms with E-state index in [9.17, 15) is 10.1 Å². The maximum absolute atomic E-state index is 12.3. The molecular formula is C24H19ClN2O4S. The van der Waals surface area contributed by atoms with Gasteiger partial charge in [-0.3, -0.25) is 0 Å². The molecule has 1 aromatic heterocycles. The zero-order valence-electron chi connectivity index (χ0n) is 17.3. The normalized spacial score (nSPS) is 14.9. The Morgan fingerprint density at radius 3 is 2.53 bits per heavy atom. The first-order valence-corrected chi connectivity index (χ1v) is 10.9. The molecule has 0 saturated heterocycles. The molecule has 6 nitrogen and oxygen atoms in total. The number of benzene rings is 2. The van der Waals surface area contributed by atoms with Gasteiger partial charge in [-0.25, -0.2) is 4.79 Å². The molecule has 1 aliphatic rings. The number of thiophene rings is 1. The zero-order chi connectivity index (χ0) is 22.8. The molecule has 162 valence electrons. The first-order valence-electron chi connectivity index (χ1n) is 9.69. The van der Waals surface area contributed by atoms with E-state index in [0.717, 1.165) is 20.9 Å². The quantitative estimate of drug-likeness (QED) is 0.513. The molecule has 0 bridgehead atoms. The van der Waals surface area contributed by atoms with Gasteiger partial charge in [0.15, 0.2) is 5.75 Å². The number of nitrogens with zero attached hydrogens (tertiary/aromatic N) is 1. The van der Waals surface area contributed by atoms with E-state index in [1.165, 1.54) is 18.4 Å². The molecule has 2 aromatic carbocycles. The van der Waals surface area contributed by atoms with E-state index in [1.807, 2.05) is 55.5 Å². The third kappa shape index (κ3) is 4.03. The number of allylic oxidation sites excluding steroid dienone is 1. The molecule has 1 atom stereocenters. The Bertz CT molecular complexity index is 1240. The van der Waals surface area contributed by atoms with Gasteiger partial charge in [0.05, 0.1) is 17.9 Å². The highest BCUT2D eigenvalue weighted by Gasteiger charge is 2.37. The SMILES string of the molecule is COC(=O)c1c(C)sc2c1OC(N)=C(C#N)C2c1ccc(OCc2ccc(Cl)cc2)cc1. The second-order valence-corrected chi connectivity index (χ2v) is 8.82. The Labute approximate surface area is 194 Å². The van der Waals surface area contributed by atoms with Gasteiger partial charge in [0.1, 0.15) is 29.6 Å². The van der Waals surface area contributed by atoms with E-state index in [-0.39, 0.29) is 5.88 Å². The molecule has 32 heavy (non-hydrogen) atoms. The number of methoxy groups -OCH3 is 1. The summed E-state index contributed by atoms with van der Waals surface area (Å²) < 4.78 is 16.4. The average molecular weight is 467 g/mol. The minimum Gasteiger partial charge on any atom is -0.489 e. The number of fused-ring (bicyclic) bond motifs is 1. The minimum absolute atomic E-state index is 0.0176. The van der Waals surface area contributed by atoms with Gasteiger partial charge in [-0.2, -0.15) is 5.26 Å². The van der Waals surface area contributed by atoms with Gasteiger partial charge in [-0.1, -0.05) is 35.9 Å². The molecular weight excluding hydrogens is 448 g/mol. The molecule has 3 aromatic rings. The fraction of sp³-hybridized carbons (Fsp3) is 0.167. The van der Waals surface area contributed by atoms with Crippen LogP contribution in [0, 0.1) is 18.3 Å². The van der Waals surface area contributed by atoms with Gasteiger partial charge in [-0.15, -0.1) is 11.3 Å². The zero-order valence-corrected chi connectivity index (χ0v) is 18.9. The van der Waals surface area contributed by atoms with Crippen molar-refractivity contribution in [1.29, 1.82) is 5.26 Å². The number of nitrogens with two attached hydrogens (primary N) is 1. The predicted molar refractivity (Wildman–Crippen MR) is 122 cm³/mol. The van der Waals surface area contributed by atoms with E-state index in [1.54, 1.807) is 0 Å². The van der Waals surface area contributed by atoms with E-state index >= 15 is 0 Å². The topological polar surface area (TPSA) is 94.6 Å². The lowest BCUT2D eigenvalue weighted by atomic mass is 9.88. The number of hydrogen-bond acceptors (Lipinski definition) is 7. The standard InChI is InChI=1S/C24H19ClN2O4S/c1-13-19(24(28)29-2)21-22(32-13)20(18(11-26)23(27)31-21)15-5-9-17(10-6-15)30-12-14-3-7-16(25)8-4-14/h3-10,20H,12,27H2,1-2H3. The summed E-state index contributed by atoms with van der Waals surface area (Å²) in [4.78, 5) is 13.8. The number of esters is 1. The van der Waals surface area contributed by atoms with Gasteiger partial charge < -0.3 is 19.9 Å². The number of carbonyl (C=O) groups excluding carboxylic acids is 1. The molecule has 2 N–H and O–H groups in total. The van der Waals surface area contributed by atoms with Crippen LogP contribution < -0.4 is 15.2 Å². The van der Waals surface area contributed by atoms with E-state index in [4.69, 9.17) is 31.5 Å². The maximum atomic E-state index is 12.3. The van der Waals surface area contributed by atoms with Crippen LogP contribution in [0.25, 0.3) is 0 Å². The number of carbonyl (C=O) groups is 1. The minimum atomic E-state index is -0.502. The van der Waals surface area contributed by atoms with Crippen LogP contribution in [-0.4, -0.2) is 13.1 Å². The molecule has 8 heteroatoms. The molecule has 0 spiro atoms. The Hall–Kier alpha value is -3.47. The van der Waals surface area contributed by atoms with E-state index in [2.05, 4.69) is 6.07 Å². The van der Waals surface area contributed by atoms with Crippen molar-refractivity contribution in [2.24, 2.45) is 5.73 Å². The summed E-state index contributed by atoms with van der Waals surface area (Å²) >= 11 is 7.31. The van der Waals surface area contributed by atoms with Crippen molar-refractivity contribution >= 4 is 28.9 Å². The van der Waals surface area contributed by atoms with Gasteiger partial charge in [0.2, 0.25) is 5.88 Å². The van der Waals surface area contributed by atoms with E-state index in [0.29, 0.717) is 34.3 Å². The number of hydrogen-bond donors (Lipinski definition) is 1. The van der Waals surface area contributed by atoms with Crippen LogP contribution in [0.4, 0.5) is 0 Å². The fourth-order valence-electron chi connectivity index (χ4n) is 3.56. The molecule has 1 unspecified atom stereocenters. The third-order valence-electron chi connectivity index (χ3n) is 5.14. The first-order chi connectivity index (χ1) is 15.4. The van der Waals surface area contributed by atoms with Gasteiger partial charge in [0.25, 0.3) is 0 Å². The summed E-state index contributed by atoms with van der Waals surface area (Å²) in [6.07, 6.45) is 0. The Balaban J connectivity index is 1.64. The summed E-state index contributed by atoms with van der Waals surface area (Å²) in [6, 6.07) is 17.1. The Morgan fingerprint density at radius 1 is 1.22 bits per heavy atom. The van der Waals surface area contributed by atoms with Gasteiger partial charge >= 0.3 is 5.97 Å². The number of ether oxygens (including phenoxy) is 3. The van der Waals surface area contributed by atoms with Crippen LogP contribution in [0.1, 0.15) is 37.2 Å².